The van der Waals surface area contributed by atoms with E-state index in [0.717, 1.165) is 22.3 Å². The maximum absolute atomic E-state index is 12.3. The molecule has 1 amide bonds. The first-order chi connectivity index (χ1) is 12.1. The van der Waals surface area contributed by atoms with Crippen molar-refractivity contribution < 1.29 is 9.53 Å². The quantitative estimate of drug-likeness (QED) is 0.665. The lowest BCUT2D eigenvalue weighted by molar-refractivity contribution is -0.130. The van der Waals surface area contributed by atoms with E-state index in [-0.39, 0.29) is 5.91 Å². The lowest BCUT2D eigenvalue weighted by atomic mass is 10.2. The molecule has 0 aliphatic carbocycles. The smallest absolute Gasteiger partial charge is 0.224 e. The minimum Gasteiger partial charge on any atom is -0.491 e. The summed E-state index contributed by atoms with van der Waals surface area (Å²) in [5, 5.41) is 0. The lowest BCUT2D eigenvalue weighted by Gasteiger charge is -2.18. The number of ether oxygens (including phenoxy) is 1. The minimum absolute atomic E-state index is 0.103. The van der Waals surface area contributed by atoms with Crippen molar-refractivity contribution in [3.8, 4) is 5.75 Å². The Balaban J connectivity index is 1.47. The van der Waals surface area contributed by atoms with E-state index in [0.29, 0.717) is 26.1 Å². The minimum atomic E-state index is 0.103. The van der Waals surface area contributed by atoms with Gasteiger partial charge in [0.15, 0.2) is 0 Å². The first-order valence-corrected chi connectivity index (χ1v) is 8.47. The fourth-order valence-electron chi connectivity index (χ4n) is 2.73. The SMILES string of the molecule is Cc1ccccc1OCCN(C)C(=O)CCn1cnc2ccccc21. The van der Waals surface area contributed by atoms with Gasteiger partial charge < -0.3 is 14.2 Å². The Labute approximate surface area is 147 Å². The van der Waals surface area contributed by atoms with Crippen LogP contribution in [0.15, 0.2) is 54.9 Å². The fraction of sp³-hybridized carbons (Fsp3) is 0.300. The Bertz CT molecular complexity index is 857. The number of aromatic nitrogens is 2. The van der Waals surface area contributed by atoms with Crippen LogP contribution in [0.1, 0.15) is 12.0 Å². The number of imidazole rings is 1. The molecule has 3 rings (SSSR count). The van der Waals surface area contributed by atoms with Crippen molar-refractivity contribution in [2.75, 3.05) is 20.2 Å². The zero-order valence-electron chi connectivity index (χ0n) is 14.7. The van der Waals surface area contributed by atoms with Gasteiger partial charge in [-0.1, -0.05) is 30.3 Å². The Hall–Kier alpha value is -2.82. The maximum Gasteiger partial charge on any atom is 0.224 e. The van der Waals surface area contributed by atoms with E-state index in [4.69, 9.17) is 4.74 Å². The van der Waals surface area contributed by atoms with Gasteiger partial charge in [-0.3, -0.25) is 4.79 Å². The van der Waals surface area contributed by atoms with Crippen molar-refractivity contribution in [3.63, 3.8) is 0 Å². The van der Waals surface area contributed by atoms with Gasteiger partial charge in [-0.15, -0.1) is 0 Å². The van der Waals surface area contributed by atoms with Crippen molar-refractivity contribution in [1.29, 1.82) is 0 Å². The number of amides is 1. The molecule has 0 spiro atoms. The van der Waals surface area contributed by atoms with Crippen LogP contribution in [0.3, 0.4) is 0 Å². The average Bonchev–Trinajstić information content (AvgIpc) is 3.04. The van der Waals surface area contributed by atoms with Gasteiger partial charge in [0.2, 0.25) is 5.91 Å². The van der Waals surface area contributed by atoms with Crippen LogP contribution in [-0.4, -0.2) is 40.6 Å². The topological polar surface area (TPSA) is 47.4 Å². The molecule has 5 heteroatoms. The molecule has 0 bridgehead atoms. The highest BCUT2D eigenvalue weighted by atomic mass is 16.5. The summed E-state index contributed by atoms with van der Waals surface area (Å²) in [5.74, 6) is 0.972. The molecule has 5 nitrogen and oxygen atoms in total. The van der Waals surface area contributed by atoms with E-state index in [2.05, 4.69) is 4.98 Å². The number of hydrogen-bond acceptors (Lipinski definition) is 3. The van der Waals surface area contributed by atoms with E-state index in [1.807, 2.05) is 67.1 Å². The molecule has 0 saturated carbocycles. The van der Waals surface area contributed by atoms with Crippen molar-refractivity contribution in [2.45, 2.75) is 19.9 Å². The highest BCUT2D eigenvalue weighted by Crippen LogP contribution is 2.16. The van der Waals surface area contributed by atoms with E-state index in [1.54, 1.807) is 11.2 Å². The number of carbonyl (C=O) groups is 1. The Morgan fingerprint density at radius 2 is 1.92 bits per heavy atom. The first kappa shape index (κ1) is 17.0. The monoisotopic (exact) mass is 337 g/mol. The van der Waals surface area contributed by atoms with Crippen molar-refractivity contribution >= 4 is 16.9 Å². The summed E-state index contributed by atoms with van der Waals surface area (Å²) in [6, 6.07) is 15.8. The van der Waals surface area contributed by atoms with Gasteiger partial charge in [-0.2, -0.15) is 0 Å². The number of rotatable bonds is 7. The number of aryl methyl sites for hydroxylation is 2. The van der Waals surface area contributed by atoms with E-state index in [1.165, 1.54) is 0 Å². The second kappa shape index (κ2) is 7.83. The van der Waals surface area contributed by atoms with Gasteiger partial charge >= 0.3 is 0 Å². The fourth-order valence-corrected chi connectivity index (χ4v) is 2.73. The molecule has 0 atom stereocenters. The highest BCUT2D eigenvalue weighted by Gasteiger charge is 2.10. The summed E-state index contributed by atoms with van der Waals surface area (Å²) < 4.78 is 7.78. The second-order valence-electron chi connectivity index (χ2n) is 6.11. The summed E-state index contributed by atoms with van der Waals surface area (Å²) in [5.41, 5.74) is 3.11. The van der Waals surface area contributed by atoms with Gasteiger partial charge in [0, 0.05) is 20.0 Å². The number of para-hydroxylation sites is 3. The predicted octanol–water partition coefficient (Wildman–Crippen LogP) is 3.27. The predicted molar refractivity (Wildman–Crippen MR) is 98.7 cm³/mol. The molecule has 0 saturated heterocycles. The van der Waals surface area contributed by atoms with Gasteiger partial charge in [-0.25, -0.2) is 4.98 Å². The average molecular weight is 337 g/mol. The van der Waals surface area contributed by atoms with Crippen molar-refractivity contribution in [1.82, 2.24) is 14.5 Å². The van der Waals surface area contributed by atoms with Crippen LogP contribution in [-0.2, 0) is 11.3 Å². The molecule has 0 N–H and O–H groups in total. The normalized spacial score (nSPS) is 10.8. The summed E-state index contributed by atoms with van der Waals surface area (Å²) in [6.45, 7) is 3.70. The largest absolute Gasteiger partial charge is 0.491 e. The molecular weight excluding hydrogens is 314 g/mol. The molecule has 25 heavy (non-hydrogen) atoms. The zero-order valence-corrected chi connectivity index (χ0v) is 14.7. The molecule has 0 radical (unpaired) electrons. The van der Waals surface area contributed by atoms with Crippen LogP contribution >= 0.6 is 0 Å². The van der Waals surface area contributed by atoms with E-state index in [9.17, 15) is 4.79 Å². The molecule has 0 unspecified atom stereocenters. The molecule has 0 aliphatic rings. The van der Waals surface area contributed by atoms with Crippen LogP contribution in [0, 0.1) is 6.92 Å². The Morgan fingerprint density at radius 3 is 2.76 bits per heavy atom. The second-order valence-corrected chi connectivity index (χ2v) is 6.11. The van der Waals surface area contributed by atoms with Gasteiger partial charge in [-0.05, 0) is 30.7 Å². The number of likely N-dealkylation sites (N-methyl/N-ethyl adjacent to an activating group) is 1. The number of fused-ring (bicyclic) bond motifs is 1. The summed E-state index contributed by atoms with van der Waals surface area (Å²) >= 11 is 0. The van der Waals surface area contributed by atoms with Crippen LogP contribution in [0.4, 0.5) is 0 Å². The molecule has 0 fully saturated rings. The lowest BCUT2D eigenvalue weighted by Crippen LogP contribution is -2.31. The van der Waals surface area contributed by atoms with Crippen molar-refractivity contribution in [2.24, 2.45) is 0 Å². The van der Waals surface area contributed by atoms with Gasteiger partial charge in [0.25, 0.3) is 0 Å². The maximum atomic E-state index is 12.3. The van der Waals surface area contributed by atoms with Crippen LogP contribution in [0.5, 0.6) is 5.75 Å². The highest BCUT2D eigenvalue weighted by molar-refractivity contribution is 5.77. The Kier molecular flexibility index (Phi) is 5.33. The van der Waals surface area contributed by atoms with E-state index < -0.39 is 0 Å². The zero-order chi connectivity index (χ0) is 17.6. The number of nitrogens with zero attached hydrogens (tertiary/aromatic N) is 3. The third-order valence-electron chi connectivity index (χ3n) is 4.30. The summed E-state index contributed by atoms with van der Waals surface area (Å²) in [7, 11) is 1.82. The molecule has 3 aromatic rings. The third-order valence-corrected chi connectivity index (χ3v) is 4.30. The van der Waals surface area contributed by atoms with Gasteiger partial charge in [0.05, 0.1) is 23.9 Å². The standard InChI is InChI=1S/C20H23N3O2/c1-16-7-3-6-10-19(16)25-14-13-22(2)20(24)11-12-23-15-21-17-8-4-5-9-18(17)23/h3-10,15H,11-14H2,1-2H3. The summed E-state index contributed by atoms with van der Waals surface area (Å²) in [4.78, 5) is 18.4. The van der Waals surface area contributed by atoms with Gasteiger partial charge in [0.1, 0.15) is 12.4 Å². The van der Waals surface area contributed by atoms with Crippen LogP contribution in [0.2, 0.25) is 0 Å². The molecule has 1 heterocycles. The number of hydrogen-bond donors (Lipinski definition) is 0. The Morgan fingerprint density at radius 1 is 1.16 bits per heavy atom. The van der Waals surface area contributed by atoms with Crippen LogP contribution in [0.25, 0.3) is 11.0 Å². The number of benzene rings is 2. The number of carbonyl (C=O) groups excluding carboxylic acids is 1. The van der Waals surface area contributed by atoms with E-state index >= 15 is 0 Å². The first-order valence-electron chi connectivity index (χ1n) is 8.47. The molecule has 130 valence electrons. The summed E-state index contributed by atoms with van der Waals surface area (Å²) in [6.07, 6.45) is 2.24. The third kappa shape index (κ3) is 4.18. The van der Waals surface area contributed by atoms with Crippen molar-refractivity contribution in [3.05, 3.63) is 60.4 Å². The van der Waals surface area contributed by atoms with Crippen LogP contribution < -0.4 is 4.74 Å². The molecule has 0 aliphatic heterocycles. The molecular formula is C20H23N3O2. The molecule has 1 aromatic heterocycles. The molecule has 2 aromatic carbocycles.